The molecule has 2 aromatic rings. The number of ether oxygens (including phenoxy) is 1. The minimum Gasteiger partial charge on any atom is -0.489 e. The summed E-state index contributed by atoms with van der Waals surface area (Å²) in [5.41, 5.74) is 0.205. The van der Waals surface area contributed by atoms with Crippen molar-refractivity contribution < 1.29 is 17.9 Å². The average molecular weight is 317 g/mol. The van der Waals surface area contributed by atoms with Crippen LogP contribution in [0.25, 0.3) is 0 Å². The molecule has 0 heterocycles. The van der Waals surface area contributed by atoms with Crippen molar-refractivity contribution in [3.05, 3.63) is 63.9 Å². The Kier molecular flexibility index (Phi) is 3.91. The first-order valence-electron chi connectivity index (χ1n) is 5.07. The third kappa shape index (κ3) is 3.26. The summed E-state index contributed by atoms with van der Waals surface area (Å²) < 4.78 is 44.8. The van der Waals surface area contributed by atoms with E-state index in [0.717, 1.165) is 12.1 Å². The molecule has 0 spiro atoms. The van der Waals surface area contributed by atoms with E-state index in [2.05, 4.69) is 15.9 Å². The fraction of sp³-hybridized carbons (Fsp3) is 0.0769. The normalized spacial score (nSPS) is 10.4. The third-order valence-electron chi connectivity index (χ3n) is 2.25. The lowest BCUT2D eigenvalue weighted by Gasteiger charge is -2.07. The highest BCUT2D eigenvalue weighted by Crippen LogP contribution is 2.22. The predicted octanol–water partition coefficient (Wildman–Crippen LogP) is 4.45. The Labute approximate surface area is 110 Å². The van der Waals surface area contributed by atoms with Crippen LogP contribution in [0.3, 0.4) is 0 Å². The molecule has 0 amide bonds. The maximum Gasteiger partial charge on any atom is 0.132 e. The summed E-state index contributed by atoms with van der Waals surface area (Å²) in [6.45, 7) is -0.0952. The van der Waals surface area contributed by atoms with E-state index in [9.17, 15) is 13.2 Å². The molecule has 5 heteroatoms. The van der Waals surface area contributed by atoms with Gasteiger partial charge >= 0.3 is 0 Å². The molecule has 0 radical (unpaired) electrons. The van der Waals surface area contributed by atoms with Crippen LogP contribution < -0.4 is 4.74 Å². The Bertz CT molecular complexity index is 552. The van der Waals surface area contributed by atoms with Gasteiger partial charge < -0.3 is 4.74 Å². The largest absolute Gasteiger partial charge is 0.489 e. The molecular weight excluding hydrogens is 309 g/mol. The molecule has 0 saturated heterocycles. The Hall–Kier alpha value is -1.49. The SMILES string of the molecule is Fc1cc(Br)cc(OCc2ccc(F)cc2F)c1. The van der Waals surface area contributed by atoms with Crippen LogP contribution in [0.1, 0.15) is 5.56 Å². The fourth-order valence-corrected chi connectivity index (χ4v) is 1.86. The van der Waals surface area contributed by atoms with Crippen molar-refractivity contribution in [1.82, 2.24) is 0 Å². The molecule has 0 bridgehead atoms. The third-order valence-corrected chi connectivity index (χ3v) is 2.70. The van der Waals surface area contributed by atoms with Gasteiger partial charge in [0.2, 0.25) is 0 Å². The highest BCUT2D eigenvalue weighted by molar-refractivity contribution is 9.10. The summed E-state index contributed by atoms with van der Waals surface area (Å²) >= 11 is 3.12. The second kappa shape index (κ2) is 5.44. The molecule has 0 aromatic heterocycles. The summed E-state index contributed by atoms with van der Waals surface area (Å²) in [6.07, 6.45) is 0. The van der Waals surface area contributed by atoms with Crippen molar-refractivity contribution in [2.45, 2.75) is 6.61 Å². The van der Waals surface area contributed by atoms with Gasteiger partial charge in [-0.25, -0.2) is 13.2 Å². The molecule has 18 heavy (non-hydrogen) atoms. The molecule has 0 fully saturated rings. The lowest BCUT2D eigenvalue weighted by Crippen LogP contribution is -1.99. The standard InChI is InChI=1S/C13H8BrF3O/c14-9-3-11(16)5-12(4-9)18-7-8-1-2-10(15)6-13(8)17/h1-6H,7H2. The second-order valence-corrected chi connectivity index (χ2v) is 4.55. The smallest absolute Gasteiger partial charge is 0.132 e. The first-order chi connectivity index (χ1) is 8.54. The van der Waals surface area contributed by atoms with Crippen LogP contribution in [-0.2, 0) is 6.61 Å². The van der Waals surface area contributed by atoms with E-state index in [0.29, 0.717) is 4.47 Å². The van der Waals surface area contributed by atoms with E-state index < -0.39 is 17.5 Å². The lowest BCUT2D eigenvalue weighted by atomic mass is 10.2. The fourth-order valence-electron chi connectivity index (χ4n) is 1.41. The van der Waals surface area contributed by atoms with E-state index in [1.165, 1.54) is 18.2 Å². The molecule has 0 unspecified atom stereocenters. The Morgan fingerprint density at radius 1 is 0.944 bits per heavy atom. The summed E-state index contributed by atoms with van der Waals surface area (Å²) in [6, 6.07) is 7.24. The number of rotatable bonds is 3. The van der Waals surface area contributed by atoms with Crippen LogP contribution in [0.4, 0.5) is 13.2 Å². The van der Waals surface area contributed by atoms with Gasteiger partial charge in [-0.1, -0.05) is 15.9 Å². The van der Waals surface area contributed by atoms with Gasteiger partial charge in [-0.05, 0) is 24.3 Å². The van der Waals surface area contributed by atoms with E-state index >= 15 is 0 Å². The number of hydrogen-bond donors (Lipinski definition) is 0. The van der Waals surface area contributed by atoms with Crippen molar-refractivity contribution in [2.75, 3.05) is 0 Å². The van der Waals surface area contributed by atoms with Gasteiger partial charge in [0, 0.05) is 22.2 Å². The van der Waals surface area contributed by atoms with Crippen LogP contribution in [0, 0.1) is 17.5 Å². The molecular formula is C13H8BrF3O. The number of hydrogen-bond acceptors (Lipinski definition) is 1. The van der Waals surface area contributed by atoms with Crippen LogP contribution in [0.2, 0.25) is 0 Å². The molecule has 0 aliphatic rings. The molecule has 94 valence electrons. The zero-order valence-electron chi connectivity index (χ0n) is 9.09. The summed E-state index contributed by atoms with van der Waals surface area (Å²) in [4.78, 5) is 0. The first-order valence-corrected chi connectivity index (χ1v) is 5.87. The topological polar surface area (TPSA) is 9.23 Å². The Morgan fingerprint density at radius 2 is 1.72 bits per heavy atom. The maximum absolute atomic E-state index is 13.3. The zero-order valence-corrected chi connectivity index (χ0v) is 10.7. The monoisotopic (exact) mass is 316 g/mol. The van der Waals surface area contributed by atoms with Crippen LogP contribution in [0.5, 0.6) is 5.75 Å². The molecule has 0 atom stereocenters. The van der Waals surface area contributed by atoms with E-state index in [1.807, 2.05) is 0 Å². The van der Waals surface area contributed by atoms with Gasteiger partial charge in [0.05, 0.1) is 0 Å². The molecule has 0 N–H and O–H groups in total. The van der Waals surface area contributed by atoms with Crippen molar-refractivity contribution in [3.8, 4) is 5.75 Å². The van der Waals surface area contributed by atoms with Gasteiger partial charge in [0.1, 0.15) is 29.8 Å². The van der Waals surface area contributed by atoms with Crippen molar-refractivity contribution >= 4 is 15.9 Å². The molecule has 0 aliphatic heterocycles. The van der Waals surface area contributed by atoms with E-state index in [-0.39, 0.29) is 17.9 Å². The van der Waals surface area contributed by atoms with Crippen LogP contribution >= 0.6 is 15.9 Å². The summed E-state index contributed by atoms with van der Waals surface area (Å²) in [5, 5.41) is 0. The zero-order chi connectivity index (χ0) is 13.1. The van der Waals surface area contributed by atoms with Crippen LogP contribution in [-0.4, -0.2) is 0 Å². The highest BCUT2D eigenvalue weighted by Gasteiger charge is 2.06. The number of halogens is 4. The molecule has 1 nitrogen and oxygen atoms in total. The quantitative estimate of drug-likeness (QED) is 0.813. The van der Waals surface area contributed by atoms with Crippen LogP contribution in [0.15, 0.2) is 40.9 Å². The summed E-state index contributed by atoms with van der Waals surface area (Å²) in [5.74, 6) is -1.53. The highest BCUT2D eigenvalue weighted by atomic mass is 79.9. The van der Waals surface area contributed by atoms with Gasteiger partial charge in [-0.2, -0.15) is 0 Å². The minimum absolute atomic E-state index is 0.0952. The first kappa shape index (κ1) is 13.0. The summed E-state index contributed by atoms with van der Waals surface area (Å²) in [7, 11) is 0. The van der Waals surface area contributed by atoms with Gasteiger partial charge in [0.25, 0.3) is 0 Å². The Morgan fingerprint density at radius 3 is 2.39 bits per heavy atom. The lowest BCUT2D eigenvalue weighted by molar-refractivity contribution is 0.297. The van der Waals surface area contributed by atoms with Crippen molar-refractivity contribution in [3.63, 3.8) is 0 Å². The number of benzene rings is 2. The average Bonchev–Trinajstić information content (AvgIpc) is 2.26. The van der Waals surface area contributed by atoms with E-state index in [4.69, 9.17) is 4.74 Å². The predicted molar refractivity (Wildman–Crippen MR) is 64.8 cm³/mol. The maximum atomic E-state index is 13.3. The van der Waals surface area contributed by atoms with Gasteiger partial charge in [-0.3, -0.25) is 0 Å². The molecule has 2 rings (SSSR count). The van der Waals surface area contributed by atoms with Crippen molar-refractivity contribution in [1.29, 1.82) is 0 Å². The second-order valence-electron chi connectivity index (χ2n) is 3.63. The van der Waals surface area contributed by atoms with Gasteiger partial charge in [-0.15, -0.1) is 0 Å². The molecule has 0 saturated carbocycles. The minimum atomic E-state index is -0.689. The Balaban J connectivity index is 2.11. The molecule has 0 aliphatic carbocycles. The van der Waals surface area contributed by atoms with Crippen molar-refractivity contribution in [2.24, 2.45) is 0 Å². The van der Waals surface area contributed by atoms with E-state index in [1.54, 1.807) is 6.07 Å². The molecule has 2 aromatic carbocycles. The van der Waals surface area contributed by atoms with Gasteiger partial charge in [0.15, 0.2) is 0 Å².